The van der Waals surface area contributed by atoms with Crippen LogP contribution in [0.3, 0.4) is 0 Å². The minimum Gasteiger partial charge on any atom is -0.435 e. The Bertz CT molecular complexity index is 1020. The van der Waals surface area contributed by atoms with E-state index in [2.05, 4.69) is 41.0 Å². The van der Waals surface area contributed by atoms with Crippen molar-refractivity contribution < 1.29 is 22.7 Å². The fourth-order valence-corrected chi connectivity index (χ4v) is 3.34. The number of nitrogens with zero attached hydrogens (tertiary/aromatic N) is 2. The topological polar surface area (TPSA) is 77.2 Å². The lowest BCUT2D eigenvalue weighted by Gasteiger charge is -2.19. The second kappa shape index (κ2) is 9.47. The monoisotopic (exact) mass is 447 g/mol. The molecule has 0 fully saturated rings. The summed E-state index contributed by atoms with van der Waals surface area (Å²) in [7, 11) is 0. The lowest BCUT2D eigenvalue weighted by atomic mass is 9.87. The van der Waals surface area contributed by atoms with Crippen molar-refractivity contribution in [3.8, 4) is 17.2 Å². The molecule has 0 saturated heterocycles. The Hall–Kier alpha value is -2.94. The van der Waals surface area contributed by atoms with E-state index in [1.165, 1.54) is 29.8 Å². The minimum absolute atomic E-state index is 0.0358. The first-order chi connectivity index (χ1) is 14.6. The van der Waals surface area contributed by atoms with Crippen LogP contribution in [0.1, 0.15) is 33.3 Å². The van der Waals surface area contributed by atoms with Crippen molar-refractivity contribution in [2.75, 3.05) is 5.32 Å². The van der Waals surface area contributed by atoms with E-state index in [-0.39, 0.29) is 28.2 Å². The molecular weight excluding hydrogens is 424 g/mol. The Balaban J connectivity index is 1.59. The van der Waals surface area contributed by atoms with Crippen LogP contribution in [-0.2, 0) is 10.2 Å². The number of rotatable bonds is 7. The molecule has 3 aromatic rings. The number of carbonyl (C=O) groups excluding carboxylic acids is 1. The first kappa shape index (κ1) is 22.7. The summed E-state index contributed by atoms with van der Waals surface area (Å²) in [6, 6.07) is 13.6. The first-order valence-corrected chi connectivity index (χ1v) is 10.5. The summed E-state index contributed by atoms with van der Waals surface area (Å²) in [5, 5.41) is 10.5. The van der Waals surface area contributed by atoms with E-state index in [4.69, 9.17) is 4.42 Å². The Morgan fingerprint density at radius 3 is 2.29 bits per heavy atom. The third kappa shape index (κ3) is 6.27. The minimum atomic E-state index is -2.89. The van der Waals surface area contributed by atoms with Crippen LogP contribution in [0, 0.1) is 0 Å². The molecule has 1 amide bonds. The molecule has 0 bridgehead atoms. The van der Waals surface area contributed by atoms with E-state index in [9.17, 15) is 13.6 Å². The molecule has 1 N–H and O–H groups in total. The van der Waals surface area contributed by atoms with Crippen molar-refractivity contribution in [3.05, 3.63) is 54.1 Å². The van der Waals surface area contributed by atoms with Crippen LogP contribution < -0.4 is 10.1 Å². The van der Waals surface area contributed by atoms with E-state index in [1.54, 1.807) is 6.92 Å². The number of nitrogens with one attached hydrogen (secondary N) is 1. The summed E-state index contributed by atoms with van der Waals surface area (Å²) in [6.07, 6.45) is 0. The summed E-state index contributed by atoms with van der Waals surface area (Å²) in [5.74, 6) is 0.0620. The molecule has 164 valence electrons. The van der Waals surface area contributed by atoms with Crippen LogP contribution in [0.5, 0.6) is 5.75 Å². The highest BCUT2D eigenvalue weighted by atomic mass is 32.2. The molecule has 31 heavy (non-hydrogen) atoms. The van der Waals surface area contributed by atoms with E-state index in [0.717, 1.165) is 11.8 Å². The van der Waals surface area contributed by atoms with Gasteiger partial charge in [-0.15, -0.1) is 10.2 Å². The van der Waals surface area contributed by atoms with Gasteiger partial charge in [0.15, 0.2) is 0 Å². The summed E-state index contributed by atoms with van der Waals surface area (Å²) >= 11 is 1.13. The highest BCUT2D eigenvalue weighted by molar-refractivity contribution is 8.00. The number of hydrogen-bond acceptors (Lipinski definition) is 6. The zero-order valence-corrected chi connectivity index (χ0v) is 18.4. The number of anilines is 1. The number of ether oxygens (including phenoxy) is 1. The normalized spacial score (nSPS) is 12.6. The molecule has 1 atom stereocenters. The fourth-order valence-electron chi connectivity index (χ4n) is 2.66. The average Bonchev–Trinajstić information content (AvgIpc) is 3.16. The molecule has 1 heterocycles. The second-order valence-corrected chi connectivity index (χ2v) is 9.14. The summed E-state index contributed by atoms with van der Waals surface area (Å²) in [5.41, 5.74) is 2.48. The van der Waals surface area contributed by atoms with Gasteiger partial charge in [0, 0.05) is 11.3 Å². The average molecular weight is 448 g/mol. The lowest BCUT2D eigenvalue weighted by molar-refractivity contribution is -0.115. The van der Waals surface area contributed by atoms with E-state index in [0.29, 0.717) is 11.3 Å². The molecule has 9 heteroatoms. The number of thioether (sulfide) groups is 1. The van der Waals surface area contributed by atoms with Gasteiger partial charge in [0.1, 0.15) is 5.75 Å². The molecule has 0 aliphatic carbocycles. The molecule has 0 spiro atoms. The number of carbonyl (C=O) groups is 1. The SMILES string of the molecule is CC(Sc1nnc(-c2ccc(OC(F)F)cc2)o1)C(=O)Nc1ccc(C(C)(C)C)cc1. The van der Waals surface area contributed by atoms with Crippen LogP contribution in [-0.4, -0.2) is 28.0 Å². The number of amides is 1. The van der Waals surface area contributed by atoms with Crippen molar-refractivity contribution in [2.24, 2.45) is 0 Å². The predicted octanol–water partition coefficient (Wildman–Crippen LogP) is 5.75. The van der Waals surface area contributed by atoms with E-state index < -0.39 is 11.9 Å². The second-order valence-electron chi connectivity index (χ2n) is 7.85. The van der Waals surface area contributed by atoms with Crippen LogP contribution in [0.25, 0.3) is 11.5 Å². The number of benzene rings is 2. The molecule has 2 aromatic carbocycles. The maximum atomic E-state index is 12.5. The molecule has 0 aliphatic rings. The molecule has 0 aliphatic heterocycles. The van der Waals surface area contributed by atoms with Gasteiger partial charge in [-0.1, -0.05) is 44.7 Å². The highest BCUT2D eigenvalue weighted by Gasteiger charge is 2.20. The molecule has 1 aromatic heterocycles. The number of halogens is 2. The first-order valence-electron chi connectivity index (χ1n) is 9.58. The zero-order chi connectivity index (χ0) is 22.6. The maximum Gasteiger partial charge on any atom is 0.387 e. The molecule has 0 radical (unpaired) electrons. The Morgan fingerprint density at radius 2 is 1.71 bits per heavy atom. The van der Waals surface area contributed by atoms with Gasteiger partial charge >= 0.3 is 6.61 Å². The van der Waals surface area contributed by atoms with E-state index >= 15 is 0 Å². The van der Waals surface area contributed by atoms with Crippen molar-refractivity contribution in [3.63, 3.8) is 0 Å². The van der Waals surface area contributed by atoms with Crippen molar-refractivity contribution in [1.82, 2.24) is 10.2 Å². The summed E-state index contributed by atoms with van der Waals surface area (Å²) in [4.78, 5) is 12.5. The van der Waals surface area contributed by atoms with Gasteiger partial charge < -0.3 is 14.5 Å². The van der Waals surface area contributed by atoms with Crippen molar-refractivity contribution >= 4 is 23.4 Å². The predicted molar refractivity (Wildman–Crippen MR) is 115 cm³/mol. The summed E-state index contributed by atoms with van der Waals surface area (Å²) in [6.45, 7) is 5.24. The van der Waals surface area contributed by atoms with Crippen LogP contribution in [0.15, 0.2) is 58.2 Å². The molecule has 3 rings (SSSR count). The van der Waals surface area contributed by atoms with Gasteiger partial charge in [-0.25, -0.2) is 0 Å². The standard InChI is InChI=1S/C22H23F2N3O3S/c1-13(18(28)25-16-9-7-15(8-10-16)22(2,3)4)31-21-27-26-19(30-21)14-5-11-17(12-6-14)29-20(23)24/h5-13,20H,1-4H3,(H,25,28). The van der Waals surface area contributed by atoms with Gasteiger partial charge in [0.25, 0.3) is 5.22 Å². The Labute approximate surface area is 183 Å². The van der Waals surface area contributed by atoms with Crippen LogP contribution >= 0.6 is 11.8 Å². The number of alkyl halides is 2. The third-order valence-electron chi connectivity index (χ3n) is 4.40. The zero-order valence-electron chi connectivity index (χ0n) is 17.6. The number of aromatic nitrogens is 2. The molecule has 0 saturated carbocycles. The third-order valence-corrected chi connectivity index (χ3v) is 5.33. The fraction of sp³-hybridized carbons (Fsp3) is 0.318. The van der Waals surface area contributed by atoms with Crippen molar-refractivity contribution in [2.45, 2.75) is 50.2 Å². The Kier molecular flexibility index (Phi) is 6.94. The molecule has 6 nitrogen and oxygen atoms in total. The van der Waals surface area contributed by atoms with Gasteiger partial charge in [-0.2, -0.15) is 8.78 Å². The van der Waals surface area contributed by atoms with E-state index in [1.807, 2.05) is 24.3 Å². The molecular formula is C22H23F2N3O3S. The largest absolute Gasteiger partial charge is 0.435 e. The van der Waals surface area contributed by atoms with Crippen molar-refractivity contribution in [1.29, 1.82) is 0 Å². The molecule has 1 unspecified atom stereocenters. The summed E-state index contributed by atoms with van der Waals surface area (Å²) < 4.78 is 34.4. The van der Waals surface area contributed by atoms with Gasteiger partial charge in [0.05, 0.1) is 5.25 Å². The van der Waals surface area contributed by atoms with Crippen LogP contribution in [0.4, 0.5) is 14.5 Å². The van der Waals surface area contributed by atoms with Gasteiger partial charge in [0.2, 0.25) is 11.8 Å². The smallest absolute Gasteiger partial charge is 0.387 e. The number of hydrogen-bond donors (Lipinski definition) is 1. The quantitative estimate of drug-likeness (QED) is 0.465. The van der Waals surface area contributed by atoms with Gasteiger partial charge in [-0.05, 0) is 54.3 Å². The highest BCUT2D eigenvalue weighted by Crippen LogP contribution is 2.28. The van der Waals surface area contributed by atoms with Gasteiger partial charge in [-0.3, -0.25) is 4.79 Å². The Morgan fingerprint density at radius 1 is 1.06 bits per heavy atom. The lowest BCUT2D eigenvalue weighted by Crippen LogP contribution is -2.22. The maximum absolute atomic E-state index is 12.5. The van der Waals surface area contributed by atoms with Crippen LogP contribution in [0.2, 0.25) is 0 Å².